The summed E-state index contributed by atoms with van der Waals surface area (Å²) in [7, 11) is 0. The van der Waals surface area contributed by atoms with Crippen molar-refractivity contribution in [1.29, 1.82) is 0 Å². The fourth-order valence-electron chi connectivity index (χ4n) is 2.88. The van der Waals surface area contributed by atoms with E-state index in [1.807, 2.05) is 0 Å². The molecule has 0 fully saturated rings. The molecular formula is C14H18N2. The number of hydrogen-bond donors (Lipinski definition) is 2. The summed E-state index contributed by atoms with van der Waals surface area (Å²) in [6.07, 6.45) is 5.14. The molecule has 3 N–H and O–H groups in total. The molecule has 0 saturated carbocycles. The molecule has 1 aliphatic carbocycles. The summed E-state index contributed by atoms with van der Waals surface area (Å²) in [5.41, 5.74) is 12.6. The van der Waals surface area contributed by atoms with Gasteiger partial charge in [0.25, 0.3) is 0 Å². The van der Waals surface area contributed by atoms with Crippen LogP contribution in [0.25, 0.3) is 10.9 Å². The van der Waals surface area contributed by atoms with Crippen molar-refractivity contribution in [2.45, 2.75) is 39.2 Å². The summed E-state index contributed by atoms with van der Waals surface area (Å²) in [5.74, 6) is 0. The van der Waals surface area contributed by atoms with Gasteiger partial charge in [0.15, 0.2) is 0 Å². The minimum Gasteiger partial charge on any atom is -0.358 e. The molecule has 0 atom stereocenters. The van der Waals surface area contributed by atoms with E-state index in [1.54, 1.807) is 0 Å². The number of hydrogen-bond acceptors (Lipinski definition) is 1. The molecule has 2 nitrogen and oxygen atoms in total. The third-order valence-electron chi connectivity index (χ3n) is 3.79. The Morgan fingerprint density at radius 3 is 2.56 bits per heavy atom. The van der Waals surface area contributed by atoms with E-state index in [4.69, 9.17) is 5.73 Å². The molecule has 1 aromatic heterocycles. The summed E-state index contributed by atoms with van der Waals surface area (Å²) in [6, 6.07) is 4.69. The summed E-state index contributed by atoms with van der Waals surface area (Å²) in [5, 5.41) is 1.33. The Hall–Kier alpha value is -1.28. The van der Waals surface area contributed by atoms with Crippen LogP contribution in [0.3, 0.4) is 0 Å². The first kappa shape index (κ1) is 9.91. The minimum atomic E-state index is 0.630. The molecule has 3 rings (SSSR count). The fourth-order valence-corrected chi connectivity index (χ4v) is 2.88. The SMILES string of the molecule is Cc1[nH]c2cc3c(cc2c1CN)CCCC3. The van der Waals surface area contributed by atoms with Gasteiger partial charge in [-0.05, 0) is 61.4 Å². The van der Waals surface area contributed by atoms with Crippen molar-refractivity contribution in [3.05, 3.63) is 34.5 Å². The number of nitrogens with one attached hydrogen (secondary N) is 1. The zero-order valence-electron chi connectivity index (χ0n) is 9.77. The first-order valence-electron chi connectivity index (χ1n) is 6.12. The van der Waals surface area contributed by atoms with Crippen molar-refractivity contribution in [2.75, 3.05) is 0 Å². The molecule has 1 aromatic carbocycles. The lowest BCUT2D eigenvalue weighted by molar-refractivity contribution is 0.687. The molecular weight excluding hydrogens is 196 g/mol. The second-order valence-corrected chi connectivity index (χ2v) is 4.81. The predicted octanol–water partition coefficient (Wildman–Crippen LogP) is 2.81. The van der Waals surface area contributed by atoms with E-state index in [2.05, 4.69) is 24.0 Å². The maximum Gasteiger partial charge on any atom is 0.0462 e. The van der Waals surface area contributed by atoms with Crippen molar-refractivity contribution >= 4 is 10.9 Å². The topological polar surface area (TPSA) is 41.8 Å². The highest BCUT2D eigenvalue weighted by atomic mass is 14.7. The smallest absolute Gasteiger partial charge is 0.0462 e. The van der Waals surface area contributed by atoms with E-state index in [9.17, 15) is 0 Å². The molecule has 1 heterocycles. The van der Waals surface area contributed by atoms with Crippen molar-refractivity contribution in [3.63, 3.8) is 0 Å². The molecule has 16 heavy (non-hydrogen) atoms. The molecule has 0 bridgehead atoms. The van der Waals surface area contributed by atoms with Crippen LogP contribution in [0.2, 0.25) is 0 Å². The summed E-state index contributed by atoms with van der Waals surface area (Å²) >= 11 is 0. The average molecular weight is 214 g/mol. The summed E-state index contributed by atoms with van der Waals surface area (Å²) in [4.78, 5) is 3.45. The van der Waals surface area contributed by atoms with Gasteiger partial charge in [-0.1, -0.05) is 0 Å². The Bertz CT molecular complexity index is 537. The van der Waals surface area contributed by atoms with Gasteiger partial charge in [-0.25, -0.2) is 0 Å². The van der Waals surface area contributed by atoms with Gasteiger partial charge in [0.1, 0.15) is 0 Å². The van der Waals surface area contributed by atoms with Crippen LogP contribution in [0.4, 0.5) is 0 Å². The molecule has 1 aliphatic rings. The van der Waals surface area contributed by atoms with Gasteiger partial charge in [0.05, 0.1) is 0 Å². The Labute approximate surface area is 95.8 Å². The van der Waals surface area contributed by atoms with Crippen LogP contribution in [-0.2, 0) is 19.4 Å². The number of fused-ring (bicyclic) bond motifs is 2. The standard InChI is InChI=1S/C14H18N2/c1-9-13(8-15)12-6-10-4-2-3-5-11(10)7-14(12)16-9/h6-7,16H,2-5,8,15H2,1H3. The van der Waals surface area contributed by atoms with E-state index in [-0.39, 0.29) is 0 Å². The van der Waals surface area contributed by atoms with Gasteiger partial charge in [-0.15, -0.1) is 0 Å². The lowest BCUT2D eigenvalue weighted by atomic mass is 9.90. The molecule has 2 heteroatoms. The van der Waals surface area contributed by atoms with Gasteiger partial charge in [0, 0.05) is 23.1 Å². The minimum absolute atomic E-state index is 0.630. The Morgan fingerprint density at radius 1 is 1.19 bits per heavy atom. The van der Waals surface area contributed by atoms with Crippen molar-refractivity contribution < 1.29 is 0 Å². The van der Waals surface area contributed by atoms with Gasteiger partial charge in [0.2, 0.25) is 0 Å². The average Bonchev–Trinajstić information content (AvgIpc) is 2.60. The number of aromatic amines is 1. The van der Waals surface area contributed by atoms with Crippen LogP contribution in [0.5, 0.6) is 0 Å². The largest absolute Gasteiger partial charge is 0.358 e. The normalized spacial score (nSPS) is 15.4. The van der Waals surface area contributed by atoms with Crippen molar-refractivity contribution in [1.82, 2.24) is 4.98 Å². The monoisotopic (exact) mass is 214 g/mol. The zero-order chi connectivity index (χ0) is 11.1. The summed E-state index contributed by atoms with van der Waals surface area (Å²) < 4.78 is 0. The molecule has 84 valence electrons. The second kappa shape index (κ2) is 3.63. The third-order valence-corrected chi connectivity index (χ3v) is 3.79. The van der Waals surface area contributed by atoms with Gasteiger partial charge in [-0.2, -0.15) is 0 Å². The Morgan fingerprint density at radius 2 is 1.88 bits per heavy atom. The van der Waals surface area contributed by atoms with E-state index in [0.717, 1.165) is 0 Å². The van der Waals surface area contributed by atoms with E-state index < -0.39 is 0 Å². The van der Waals surface area contributed by atoms with Crippen LogP contribution in [-0.4, -0.2) is 4.98 Å². The molecule has 0 spiro atoms. The number of aryl methyl sites for hydroxylation is 3. The number of nitrogens with two attached hydrogens (primary N) is 1. The first-order valence-corrected chi connectivity index (χ1v) is 6.12. The number of rotatable bonds is 1. The molecule has 0 unspecified atom stereocenters. The number of H-pyrrole nitrogens is 1. The predicted molar refractivity (Wildman–Crippen MR) is 67.6 cm³/mol. The Kier molecular flexibility index (Phi) is 2.25. The maximum atomic E-state index is 5.82. The van der Waals surface area contributed by atoms with Crippen LogP contribution in [0.15, 0.2) is 12.1 Å². The van der Waals surface area contributed by atoms with Crippen LogP contribution >= 0.6 is 0 Å². The second-order valence-electron chi connectivity index (χ2n) is 4.81. The summed E-state index contributed by atoms with van der Waals surface area (Å²) in [6.45, 7) is 2.74. The lowest BCUT2D eigenvalue weighted by Crippen LogP contribution is -2.02. The highest BCUT2D eigenvalue weighted by Crippen LogP contribution is 2.29. The van der Waals surface area contributed by atoms with Gasteiger partial charge in [-0.3, -0.25) is 0 Å². The van der Waals surface area contributed by atoms with Crippen LogP contribution in [0, 0.1) is 6.92 Å². The van der Waals surface area contributed by atoms with E-state index in [0.29, 0.717) is 6.54 Å². The molecule has 0 amide bonds. The van der Waals surface area contributed by atoms with Crippen molar-refractivity contribution in [3.8, 4) is 0 Å². The lowest BCUT2D eigenvalue weighted by Gasteiger charge is -2.15. The fraction of sp³-hybridized carbons (Fsp3) is 0.429. The third kappa shape index (κ3) is 1.37. The van der Waals surface area contributed by atoms with E-state index >= 15 is 0 Å². The van der Waals surface area contributed by atoms with Crippen LogP contribution in [0.1, 0.15) is 35.2 Å². The van der Waals surface area contributed by atoms with Gasteiger partial charge >= 0.3 is 0 Å². The number of aromatic nitrogens is 1. The highest BCUT2D eigenvalue weighted by molar-refractivity contribution is 5.86. The molecule has 0 saturated heterocycles. The van der Waals surface area contributed by atoms with E-state index in [1.165, 1.54) is 59.0 Å². The highest BCUT2D eigenvalue weighted by Gasteiger charge is 2.13. The first-order chi connectivity index (χ1) is 7.79. The quantitative estimate of drug-likeness (QED) is 0.753. The maximum absolute atomic E-state index is 5.82. The molecule has 2 aromatic rings. The number of benzene rings is 1. The molecule has 0 aliphatic heterocycles. The molecule has 0 radical (unpaired) electrons. The van der Waals surface area contributed by atoms with Crippen molar-refractivity contribution in [2.24, 2.45) is 5.73 Å². The van der Waals surface area contributed by atoms with Gasteiger partial charge < -0.3 is 10.7 Å². The Balaban J connectivity index is 2.27. The zero-order valence-corrected chi connectivity index (χ0v) is 9.77. The van der Waals surface area contributed by atoms with Crippen LogP contribution < -0.4 is 5.73 Å².